The summed E-state index contributed by atoms with van der Waals surface area (Å²) in [5, 5.41) is 6.90. The molecule has 1 aromatic heterocycles. The lowest BCUT2D eigenvalue weighted by Crippen LogP contribution is -2.05. The van der Waals surface area contributed by atoms with Crippen molar-refractivity contribution in [1.29, 1.82) is 0 Å². The predicted molar refractivity (Wildman–Crippen MR) is 68.2 cm³/mol. The monoisotopic (exact) mass is 253 g/mol. The molecule has 2 aromatic rings. The minimum absolute atomic E-state index is 0. The highest BCUT2D eigenvalue weighted by Crippen LogP contribution is 2.04. The molecule has 92 valence electrons. The van der Waals surface area contributed by atoms with E-state index in [0.29, 0.717) is 12.4 Å². The summed E-state index contributed by atoms with van der Waals surface area (Å²) in [7, 11) is 1.86. The summed E-state index contributed by atoms with van der Waals surface area (Å²) >= 11 is 0. The van der Waals surface area contributed by atoms with Gasteiger partial charge in [-0.1, -0.05) is 35.5 Å². The molecule has 0 fully saturated rings. The number of halogens is 1. The average molecular weight is 254 g/mol. The van der Waals surface area contributed by atoms with E-state index in [1.54, 1.807) is 0 Å². The van der Waals surface area contributed by atoms with Crippen LogP contribution < -0.4 is 5.32 Å². The molecule has 0 saturated carbocycles. The van der Waals surface area contributed by atoms with Crippen molar-refractivity contribution in [2.45, 2.75) is 19.4 Å². The lowest BCUT2D eigenvalue weighted by atomic mass is 10.1. The van der Waals surface area contributed by atoms with Gasteiger partial charge < -0.3 is 9.84 Å². The average Bonchev–Trinajstić information content (AvgIpc) is 2.76. The largest absolute Gasteiger partial charge is 0.338 e. The van der Waals surface area contributed by atoms with E-state index in [0.717, 1.165) is 18.7 Å². The fourth-order valence-corrected chi connectivity index (χ4v) is 1.52. The molecular formula is C12H16ClN3O. The Labute approximate surface area is 107 Å². The Morgan fingerprint density at radius 3 is 2.65 bits per heavy atom. The van der Waals surface area contributed by atoms with E-state index >= 15 is 0 Å². The van der Waals surface area contributed by atoms with E-state index < -0.39 is 0 Å². The normalized spacial score (nSPS) is 9.94. The fourth-order valence-electron chi connectivity index (χ4n) is 1.52. The van der Waals surface area contributed by atoms with Crippen molar-refractivity contribution in [3.63, 3.8) is 0 Å². The Hall–Kier alpha value is -1.39. The van der Waals surface area contributed by atoms with Gasteiger partial charge in [-0.05, 0) is 19.0 Å². The van der Waals surface area contributed by atoms with Crippen LogP contribution in [-0.4, -0.2) is 17.2 Å². The van der Waals surface area contributed by atoms with Crippen LogP contribution in [0.4, 0.5) is 0 Å². The molecule has 1 aromatic carbocycles. The highest BCUT2D eigenvalue weighted by molar-refractivity contribution is 5.85. The molecule has 1 N–H and O–H groups in total. The summed E-state index contributed by atoms with van der Waals surface area (Å²) in [6, 6.07) is 10.3. The van der Waals surface area contributed by atoms with Gasteiger partial charge in [-0.25, -0.2) is 0 Å². The van der Waals surface area contributed by atoms with Crippen LogP contribution in [0.25, 0.3) is 0 Å². The fraction of sp³-hybridized carbons (Fsp3) is 0.333. The molecule has 2 rings (SSSR count). The second-order valence-corrected chi connectivity index (χ2v) is 3.62. The van der Waals surface area contributed by atoms with E-state index in [1.807, 2.05) is 25.2 Å². The molecule has 4 nitrogen and oxygen atoms in total. The molecule has 0 saturated heterocycles. The molecule has 0 aliphatic heterocycles. The van der Waals surface area contributed by atoms with Gasteiger partial charge in [0.25, 0.3) is 0 Å². The van der Waals surface area contributed by atoms with Gasteiger partial charge >= 0.3 is 0 Å². The summed E-state index contributed by atoms with van der Waals surface area (Å²) in [5.74, 6) is 1.42. The number of nitrogens with one attached hydrogen (secondary N) is 1. The molecular weight excluding hydrogens is 238 g/mol. The molecule has 0 bridgehead atoms. The van der Waals surface area contributed by atoms with Crippen molar-refractivity contribution in [1.82, 2.24) is 15.5 Å². The zero-order valence-electron chi connectivity index (χ0n) is 9.72. The highest BCUT2D eigenvalue weighted by Gasteiger charge is 2.04. The van der Waals surface area contributed by atoms with Crippen LogP contribution in [0.3, 0.4) is 0 Å². The number of aryl methyl sites for hydroxylation is 2. The molecule has 17 heavy (non-hydrogen) atoms. The van der Waals surface area contributed by atoms with Crippen molar-refractivity contribution in [3.05, 3.63) is 47.6 Å². The summed E-state index contributed by atoms with van der Waals surface area (Å²) in [6.07, 6.45) is 1.76. The van der Waals surface area contributed by atoms with E-state index in [2.05, 4.69) is 27.6 Å². The van der Waals surface area contributed by atoms with Gasteiger partial charge in [0, 0.05) is 6.42 Å². The van der Waals surface area contributed by atoms with Crippen molar-refractivity contribution in [2.24, 2.45) is 0 Å². The van der Waals surface area contributed by atoms with Crippen LogP contribution in [-0.2, 0) is 19.4 Å². The smallest absolute Gasteiger partial charge is 0.240 e. The van der Waals surface area contributed by atoms with Crippen molar-refractivity contribution < 1.29 is 4.52 Å². The van der Waals surface area contributed by atoms with E-state index in [-0.39, 0.29) is 12.4 Å². The van der Waals surface area contributed by atoms with Crippen molar-refractivity contribution >= 4 is 12.4 Å². The quantitative estimate of drug-likeness (QED) is 0.886. The zero-order valence-corrected chi connectivity index (χ0v) is 10.5. The Kier molecular flexibility index (Phi) is 5.66. The SMILES string of the molecule is CNCc1nc(CCc2ccccc2)no1.Cl. The number of rotatable bonds is 5. The van der Waals surface area contributed by atoms with E-state index in [4.69, 9.17) is 4.52 Å². The Balaban J connectivity index is 0.00000144. The maximum absolute atomic E-state index is 5.07. The Bertz CT molecular complexity index is 430. The van der Waals surface area contributed by atoms with Crippen LogP contribution in [0.1, 0.15) is 17.3 Å². The summed E-state index contributed by atoms with van der Waals surface area (Å²) in [4.78, 5) is 4.27. The van der Waals surface area contributed by atoms with Crippen LogP contribution in [0.15, 0.2) is 34.9 Å². The Morgan fingerprint density at radius 1 is 1.18 bits per heavy atom. The second-order valence-electron chi connectivity index (χ2n) is 3.62. The lowest BCUT2D eigenvalue weighted by Gasteiger charge is -1.96. The van der Waals surface area contributed by atoms with Crippen LogP contribution >= 0.6 is 12.4 Å². The minimum atomic E-state index is 0. The van der Waals surface area contributed by atoms with E-state index in [1.165, 1.54) is 5.56 Å². The molecule has 0 spiro atoms. The number of hydrogen-bond donors (Lipinski definition) is 1. The first kappa shape index (κ1) is 13.7. The predicted octanol–water partition coefficient (Wildman–Crippen LogP) is 2.00. The molecule has 0 amide bonds. The molecule has 0 aliphatic rings. The van der Waals surface area contributed by atoms with Gasteiger partial charge in [0.1, 0.15) is 0 Å². The molecule has 1 heterocycles. The third-order valence-electron chi connectivity index (χ3n) is 2.32. The van der Waals surface area contributed by atoms with Crippen LogP contribution in [0.5, 0.6) is 0 Å². The molecule has 0 atom stereocenters. The lowest BCUT2D eigenvalue weighted by molar-refractivity contribution is 0.367. The van der Waals surface area contributed by atoms with Gasteiger partial charge in [0.15, 0.2) is 5.82 Å². The van der Waals surface area contributed by atoms with Gasteiger partial charge in [-0.15, -0.1) is 12.4 Å². The van der Waals surface area contributed by atoms with Crippen LogP contribution in [0, 0.1) is 0 Å². The molecule has 0 unspecified atom stereocenters. The summed E-state index contributed by atoms with van der Waals surface area (Å²) in [6.45, 7) is 0.623. The van der Waals surface area contributed by atoms with Gasteiger partial charge in [-0.3, -0.25) is 0 Å². The first-order valence-corrected chi connectivity index (χ1v) is 5.38. The summed E-state index contributed by atoms with van der Waals surface area (Å²) < 4.78 is 5.07. The van der Waals surface area contributed by atoms with Crippen molar-refractivity contribution in [3.8, 4) is 0 Å². The number of hydrogen-bond acceptors (Lipinski definition) is 4. The topological polar surface area (TPSA) is 51.0 Å². The highest BCUT2D eigenvalue weighted by atomic mass is 35.5. The van der Waals surface area contributed by atoms with E-state index in [9.17, 15) is 0 Å². The van der Waals surface area contributed by atoms with Crippen LogP contribution in [0.2, 0.25) is 0 Å². The maximum Gasteiger partial charge on any atom is 0.240 e. The Morgan fingerprint density at radius 2 is 1.94 bits per heavy atom. The summed E-state index contributed by atoms with van der Waals surface area (Å²) in [5.41, 5.74) is 1.29. The first-order chi connectivity index (χ1) is 7.88. The molecule has 0 aliphatic carbocycles. The number of aromatic nitrogens is 2. The molecule has 0 radical (unpaired) electrons. The van der Waals surface area contributed by atoms with Gasteiger partial charge in [-0.2, -0.15) is 4.98 Å². The standard InChI is InChI=1S/C12H15N3O.ClH/c1-13-9-12-14-11(15-16-12)8-7-10-5-3-2-4-6-10;/h2-6,13H,7-9H2,1H3;1H. The first-order valence-electron chi connectivity index (χ1n) is 5.38. The third-order valence-corrected chi connectivity index (χ3v) is 2.32. The van der Waals surface area contributed by atoms with Gasteiger partial charge in [0.05, 0.1) is 6.54 Å². The number of benzene rings is 1. The second kappa shape index (κ2) is 7.04. The van der Waals surface area contributed by atoms with Gasteiger partial charge in [0.2, 0.25) is 5.89 Å². The molecule has 5 heteroatoms. The maximum atomic E-state index is 5.07. The zero-order chi connectivity index (χ0) is 11.2. The number of nitrogens with zero attached hydrogens (tertiary/aromatic N) is 2. The third kappa shape index (κ3) is 4.17. The van der Waals surface area contributed by atoms with Crippen molar-refractivity contribution in [2.75, 3.05) is 7.05 Å². The minimum Gasteiger partial charge on any atom is -0.338 e.